The molecule has 0 bridgehead atoms. The summed E-state index contributed by atoms with van der Waals surface area (Å²) in [5.41, 5.74) is 1.21. The molecule has 0 aliphatic carbocycles. The molecule has 14 heavy (non-hydrogen) atoms. The number of imidazole rings is 1. The molecule has 0 saturated heterocycles. The van der Waals surface area contributed by atoms with Crippen LogP contribution in [0.2, 0.25) is 0 Å². The monoisotopic (exact) mass is 210 g/mol. The third kappa shape index (κ3) is 1.29. The van der Waals surface area contributed by atoms with E-state index in [4.69, 9.17) is 5.11 Å². The van der Waals surface area contributed by atoms with Crippen LogP contribution in [0.3, 0.4) is 0 Å². The number of hydrogen-bond acceptors (Lipinski definition) is 3. The Balaban J connectivity index is 2.61. The first-order valence-electron chi connectivity index (χ1n) is 4.29. The van der Waals surface area contributed by atoms with Gasteiger partial charge in [0.2, 0.25) is 0 Å². The summed E-state index contributed by atoms with van der Waals surface area (Å²) in [6, 6.07) is 0. The zero-order chi connectivity index (χ0) is 10.3. The minimum absolute atomic E-state index is 0.282. The molecule has 2 aromatic heterocycles. The maximum absolute atomic E-state index is 10.8. The molecule has 0 saturated carbocycles. The summed E-state index contributed by atoms with van der Waals surface area (Å²) in [7, 11) is 0. The van der Waals surface area contributed by atoms with Gasteiger partial charge in [0, 0.05) is 11.6 Å². The Morgan fingerprint density at radius 3 is 2.93 bits per heavy atom. The fourth-order valence-electron chi connectivity index (χ4n) is 1.23. The van der Waals surface area contributed by atoms with Crippen LogP contribution in [0, 0.1) is 0 Å². The fraction of sp³-hybridized carbons (Fsp3) is 0.333. The van der Waals surface area contributed by atoms with E-state index in [0.29, 0.717) is 5.92 Å². The van der Waals surface area contributed by atoms with Crippen molar-refractivity contribution in [1.29, 1.82) is 0 Å². The Morgan fingerprint density at radius 2 is 2.36 bits per heavy atom. The van der Waals surface area contributed by atoms with E-state index in [9.17, 15) is 4.79 Å². The van der Waals surface area contributed by atoms with Gasteiger partial charge in [-0.05, 0) is 5.92 Å². The van der Waals surface area contributed by atoms with Crippen LogP contribution >= 0.6 is 11.3 Å². The fourth-order valence-corrected chi connectivity index (χ4v) is 2.09. The summed E-state index contributed by atoms with van der Waals surface area (Å²) in [5.74, 6) is -0.590. The molecule has 0 spiro atoms. The third-order valence-corrected chi connectivity index (χ3v) is 2.88. The van der Waals surface area contributed by atoms with E-state index >= 15 is 0 Å². The Bertz CT molecular complexity index is 484. The summed E-state index contributed by atoms with van der Waals surface area (Å²) in [6.07, 6.45) is 1.79. The van der Waals surface area contributed by atoms with E-state index in [-0.39, 0.29) is 5.69 Å². The molecule has 2 rings (SSSR count). The molecule has 0 atom stereocenters. The number of fused-ring (bicyclic) bond motifs is 1. The second-order valence-electron chi connectivity index (χ2n) is 3.40. The van der Waals surface area contributed by atoms with E-state index in [2.05, 4.69) is 4.98 Å². The lowest BCUT2D eigenvalue weighted by atomic mass is 10.2. The summed E-state index contributed by atoms with van der Waals surface area (Å²) < 4.78 is 1.63. The molecule has 0 aromatic carbocycles. The van der Waals surface area contributed by atoms with E-state index in [0.717, 1.165) is 10.7 Å². The SMILES string of the molecule is CC(C)c1cn2c(C(=O)O)csc2n1. The van der Waals surface area contributed by atoms with Gasteiger partial charge in [-0.3, -0.25) is 4.40 Å². The van der Waals surface area contributed by atoms with Crippen LogP contribution in [0.1, 0.15) is 35.9 Å². The molecule has 74 valence electrons. The quantitative estimate of drug-likeness (QED) is 0.826. The number of rotatable bonds is 2. The lowest BCUT2D eigenvalue weighted by molar-refractivity contribution is 0.0689. The van der Waals surface area contributed by atoms with Crippen LogP contribution in [0.5, 0.6) is 0 Å². The molecular formula is C9H10N2O2S. The number of aromatic nitrogens is 2. The zero-order valence-electron chi connectivity index (χ0n) is 7.89. The Morgan fingerprint density at radius 1 is 1.64 bits per heavy atom. The number of thiazole rings is 1. The van der Waals surface area contributed by atoms with Crippen molar-refractivity contribution in [3.63, 3.8) is 0 Å². The van der Waals surface area contributed by atoms with Crippen LogP contribution in [0.25, 0.3) is 4.96 Å². The molecule has 2 aromatic rings. The zero-order valence-corrected chi connectivity index (χ0v) is 8.71. The maximum Gasteiger partial charge on any atom is 0.353 e. The first-order valence-corrected chi connectivity index (χ1v) is 5.17. The smallest absolute Gasteiger partial charge is 0.353 e. The lowest BCUT2D eigenvalue weighted by Gasteiger charge is -1.95. The van der Waals surface area contributed by atoms with Gasteiger partial charge in [-0.25, -0.2) is 9.78 Å². The topological polar surface area (TPSA) is 54.6 Å². The summed E-state index contributed by atoms with van der Waals surface area (Å²) in [5, 5.41) is 10.5. The van der Waals surface area contributed by atoms with Crippen LogP contribution in [-0.2, 0) is 0 Å². The molecular weight excluding hydrogens is 200 g/mol. The Hall–Kier alpha value is -1.36. The first-order chi connectivity index (χ1) is 6.59. The second-order valence-corrected chi connectivity index (χ2v) is 4.24. The number of aromatic carboxylic acids is 1. The van der Waals surface area contributed by atoms with Crippen molar-refractivity contribution >= 4 is 22.3 Å². The molecule has 0 fully saturated rings. The van der Waals surface area contributed by atoms with Gasteiger partial charge in [0.05, 0.1) is 5.69 Å². The highest BCUT2D eigenvalue weighted by atomic mass is 32.1. The van der Waals surface area contributed by atoms with E-state index in [1.54, 1.807) is 16.0 Å². The average Bonchev–Trinajstić information content (AvgIpc) is 2.58. The van der Waals surface area contributed by atoms with Crippen molar-refractivity contribution in [3.8, 4) is 0 Å². The highest BCUT2D eigenvalue weighted by Crippen LogP contribution is 2.20. The van der Waals surface area contributed by atoms with Gasteiger partial charge in [0.25, 0.3) is 0 Å². The van der Waals surface area contributed by atoms with Gasteiger partial charge in [0.15, 0.2) is 4.96 Å². The predicted molar refractivity (Wildman–Crippen MR) is 54.1 cm³/mol. The molecule has 4 nitrogen and oxygen atoms in total. The van der Waals surface area contributed by atoms with Crippen molar-refractivity contribution in [3.05, 3.63) is 23.0 Å². The number of hydrogen-bond donors (Lipinski definition) is 1. The minimum Gasteiger partial charge on any atom is -0.477 e. The van der Waals surface area contributed by atoms with Gasteiger partial charge in [-0.1, -0.05) is 13.8 Å². The van der Waals surface area contributed by atoms with Crippen LogP contribution in [0.15, 0.2) is 11.6 Å². The molecule has 0 radical (unpaired) electrons. The molecule has 0 unspecified atom stereocenters. The number of carboxylic acid groups (broad SMARTS) is 1. The largest absolute Gasteiger partial charge is 0.477 e. The summed E-state index contributed by atoms with van der Waals surface area (Å²) >= 11 is 1.35. The second kappa shape index (κ2) is 3.09. The van der Waals surface area contributed by atoms with Crippen LogP contribution in [-0.4, -0.2) is 20.5 Å². The number of carbonyl (C=O) groups is 1. The highest BCUT2D eigenvalue weighted by molar-refractivity contribution is 7.15. The summed E-state index contributed by atoms with van der Waals surface area (Å²) in [6.45, 7) is 4.07. The molecule has 5 heteroatoms. The third-order valence-electron chi connectivity index (χ3n) is 2.04. The van der Waals surface area contributed by atoms with Gasteiger partial charge in [-0.15, -0.1) is 11.3 Å². The van der Waals surface area contributed by atoms with Crippen LogP contribution < -0.4 is 0 Å². The Labute approximate surface area is 84.8 Å². The van der Waals surface area contributed by atoms with E-state index < -0.39 is 5.97 Å². The van der Waals surface area contributed by atoms with Crippen molar-refractivity contribution in [1.82, 2.24) is 9.38 Å². The highest BCUT2D eigenvalue weighted by Gasteiger charge is 2.13. The normalized spacial score (nSPS) is 11.4. The predicted octanol–water partition coefficient (Wildman–Crippen LogP) is 2.22. The van der Waals surface area contributed by atoms with Crippen molar-refractivity contribution in [2.24, 2.45) is 0 Å². The molecule has 0 amide bonds. The molecule has 0 aliphatic rings. The first kappa shape index (κ1) is 9.21. The van der Waals surface area contributed by atoms with Crippen molar-refractivity contribution in [2.45, 2.75) is 19.8 Å². The van der Waals surface area contributed by atoms with Crippen molar-refractivity contribution < 1.29 is 9.90 Å². The number of nitrogens with zero attached hydrogens (tertiary/aromatic N) is 2. The minimum atomic E-state index is -0.913. The lowest BCUT2D eigenvalue weighted by Crippen LogP contribution is -1.99. The van der Waals surface area contributed by atoms with Gasteiger partial charge in [-0.2, -0.15) is 0 Å². The maximum atomic E-state index is 10.8. The number of carboxylic acids is 1. The standard InChI is InChI=1S/C9H10N2O2S/c1-5(2)6-3-11-7(8(12)13)4-14-9(11)10-6/h3-5H,1-2H3,(H,12,13). The van der Waals surface area contributed by atoms with Crippen LogP contribution in [0.4, 0.5) is 0 Å². The molecule has 2 heterocycles. The van der Waals surface area contributed by atoms with Crippen molar-refractivity contribution in [2.75, 3.05) is 0 Å². The Kier molecular flexibility index (Phi) is 2.03. The van der Waals surface area contributed by atoms with Gasteiger partial charge < -0.3 is 5.11 Å². The van der Waals surface area contributed by atoms with Gasteiger partial charge >= 0.3 is 5.97 Å². The average molecular weight is 210 g/mol. The summed E-state index contributed by atoms with van der Waals surface area (Å²) in [4.78, 5) is 15.9. The van der Waals surface area contributed by atoms with E-state index in [1.165, 1.54) is 11.3 Å². The van der Waals surface area contributed by atoms with E-state index in [1.807, 2.05) is 13.8 Å². The molecule has 1 N–H and O–H groups in total. The molecule has 0 aliphatic heterocycles. The van der Waals surface area contributed by atoms with Gasteiger partial charge in [0.1, 0.15) is 5.69 Å².